The Morgan fingerprint density at radius 2 is 1.74 bits per heavy atom. The lowest BCUT2D eigenvalue weighted by atomic mass is 9.93. The topological polar surface area (TPSA) is 165 Å². The van der Waals surface area contributed by atoms with E-state index >= 15 is 0 Å². The Hall–Kier alpha value is -5.11. The maximum Gasteiger partial charge on any atom is 0.490 e. The van der Waals surface area contributed by atoms with Crippen molar-refractivity contribution in [1.29, 1.82) is 0 Å². The number of imidazole rings is 1. The number of H-pyrrole nitrogens is 1. The first-order valence-electron chi connectivity index (χ1n) is 11.0. The summed E-state index contributed by atoms with van der Waals surface area (Å²) < 4.78 is 37.0. The number of aliphatic carboxylic acids is 1. The molecule has 1 unspecified atom stereocenters. The van der Waals surface area contributed by atoms with Crippen molar-refractivity contribution in [1.82, 2.24) is 9.97 Å². The van der Waals surface area contributed by atoms with Crippen LogP contribution in [-0.2, 0) is 10.5 Å². The minimum absolute atomic E-state index is 0.0594. The molecule has 2 amide bonds. The van der Waals surface area contributed by atoms with Crippen molar-refractivity contribution in [3.63, 3.8) is 0 Å². The fraction of sp³-hybridized carbons (Fsp3) is 0.120. The summed E-state index contributed by atoms with van der Waals surface area (Å²) in [5.74, 6) is -2.51. The van der Waals surface area contributed by atoms with Gasteiger partial charge >= 0.3 is 18.2 Å². The summed E-state index contributed by atoms with van der Waals surface area (Å²) in [6, 6.07) is 18.8. The fourth-order valence-corrected chi connectivity index (χ4v) is 4.09. The summed E-state index contributed by atoms with van der Waals surface area (Å²) in [5.41, 5.74) is 0.905. The van der Waals surface area contributed by atoms with E-state index in [1.54, 1.807) is 66.7 Å². The molecule has 1 aliphatic heterocycles. The number of hydrogen-bond donors (Lipinski definition) is 5. The number of ether oxygens (including phenoxy) is 1. The normalized spacial score (nSPS) is 16.3. The fourth-order valence-electron chi connectivity index (χ4n) is 4.09. The van der Waals surface area contributed by atoms with Gasteiger partial charge in [-0.2, -0.15) is 13.2 Å². The van der Waals surface area contributed by atoms with Gasteiger partial charge in [0.25, 0.3) is 5.91 Å². The van der Waals surface area contributed by atoms with Crippen LogP contribution in [0.2, 0.25) is 0 Å². The van der Waals surface area contributed by atoms with Gasteiger partial charge in [0, 0.05) is 22.8 Å². The maximum atomic E-state index is 13.4. The number of methoxy groups -OCH3 is 1. The average molecular weight is 544 g/mol. The lowest BCUT2D eigenvalue weighted by Gasteiger charge is -2.35. The van der Waals surface area contributed by atoms with E-state index in [9.17, 15) is 27.9 Å². The summed E-state index contributed by atoms with van der Waals surface area (Å²) in [6.07, 6.45) is -6.33. The highest BCUT2D eigenvalue weighted by Crippen LogP contribution is 2.45. The molecule has 0 spiro atoms. The van der Waals surface area contributed by atoms with E-state index in [0.29, 0.717) is 39.2 Å². The van der Waals surface area contributed by atoms with Crippen molar-refractivity contribution in [3.8, 4) is 5.75 Å². The number of amides is 2. The van der Waals surface area contributed by atoms with E-state index in [1.165, 1.54) is 12.0 Å². The lowest BCUT2D eigenvalue weighted by molar-refractivity contribution is -0.192. The molecule has 0 aliphatic carbocycles. The molecule has 14 heteroatoms. The molecular formula is C25H19F3N4O7. The summed E-state index contributed by atoms with van der Waals surface area (Å²) in [6.45, 7) is 0. The monoisotopic (exact) mass is 544 g/mol. The van der Waals surface area contributed by atoms with Crippen LogP contribution in [0.5, 0.6) is 5.75 Å². The van der Waals surface area contributed by atoms with Crippen LogP contribution in [0, 0.1) is 0 Å². The van der Waals surface area contributed by atoms with Gasteiger partial charge in [-0.1, -0.05) is 30.3 Å². The van der Waals surface area contributed by atoms with Crippen LogP contribution < -0.4 is 15.0 Å². The quantitative estimate of drug-likeness (QED) is 0.256. The molecule has 3 aromatic carbocycles. The molecule has 11 nitrogen and oxygen atoms in total. The molecule has 39 heavy (non-hydrogen) atoms. The number of carbonyl (C=O) groups is 3. The molecule has 4 aromatic rings. The molecule has 0 saturated carbocycles. The number of alkyl halides is 3. The molecule has 0 bridgehead atoms. The van der Waals surface area contributed by atoms with Crippen LogP contribution in [0.1, 0.15) is 21.5 Å². The van der Waals surface area contributed by atoms with Gasteiger partial charge in [-0.15, -0.1) is 0 Å². The Bertz CT molecular complexity index is 1590. The van der Waals surface area contributed by atoms with Gasteiger partial charge in [-0.25, -0.2) is 14.6 Å². The number of carbonyl (C=O) groups excluding carboxylic acids is 1. The van der Waals surface area contributed by atoms with Gasteiger partial charge in [0.05, 0.1) is 23.8 Å². The number of anilines is 2. The van der Waals surface area contributed by atoms with Crippen molar-refractivity contribution in [2.75, 3.05) is 17.3 Å². The van der Waals surface area contributed by atoms with Gasteiger partial charge in [-0.3, -0.25) is 15.0 Å². The third-order valence-corrected chi connectivity index (χ3v) is 5.72. The van der Waals surface area contributed by atoms with E-state index in [0.717, 1.165) is 0 Å². The second kappa shape index (κ2) is 9.98. The van der Waals surface area contributed by atoms with E-state index in [1.807, 2.05) is 0 Å². The molecule has 0 saturated heterocycles. The zero-order chi connectivity index (χ0) is 28.5. The maximum absolute atomic E-state index is 13.4. The Labute approximate surface area is 217 Å². The van der Waals surface area contributed by atoms with Crippen molar-refractivity contribution >= 4 is 40.6 Å². The van der Waals surface area contributed by atoms with Gasteiger partial charge in [0.1, 0.15) is 5.75 Å². The third kappa shape index (κ3) is 5.04. The predicted octanol–water partition coefficient (Wildman–Crippen LogP) is 4.15. The Balaban J connectivity index is 0.000000448. The molecule has 5 rings (SSSR count). The number of carboxylic acid groups (broad SMARTS) is 2. The van der Waals surface area contributed by atoms with Crippen molar-refractivity contribution in [2.24, 2.45) is 0 Å². The average Bonchev–Trinajstić information content (AvgIpc) is 3.39. The van der Waals surface area contributed by atoms with Gasteiger partial charge in [0.15, 0.2) is 5.72 Å². The van der Waals surface area contributed by atoms with Gasteiger partial charge < -0.3 is 25.0 Å². The number of nitrogens with zero attached hydrogens (tertiary/aromatic N) is 2. The molecular weight excluding hydrogens is 525 g/mol. The van der Waals surface area contributed by atoms with Gasteiger partial charge in [-0.05, 0) is 30.3 Å². The first-order valence-corrected chi connectivity index (χ1v) is 11.0. The Morgan fingerprint density at radius 1 is 1.05 bits per heavy atom. The van der Waals surface area contributed by atoms with Crippen LogP contribution in [0.25, 0.3) is 11.0 Å². The number of fused-ring (bicyclic) bond motifs is 2. The van der Waals surface area contributed by atoms with Gasteiger partial charge in [0.2, 0.25) is 5.95 Å². The summed E-state index contributed by atoms with van der Waals surface area (Å²) in [7, 11) is 1.53. The van der Waals surface area contributed by atoms with Crippen LogP contribution in [0.4, 0.5) is 29.6 Å². The van der Waals surface area contributed by atoms with E-state index in [-0.39, 0.29) is 11.9 Å². The molecule has 1 aliphatic rings. The highest BCUT2D eigenvalue weighted by Gasteiger charge is 2.50. The predicted molar refractivity (Wildman–Crippen MR) is 131 cm³/mol. The molecule has 2 heterocycles. The Kier molecular flexibility index (Phi) is 6.89. The highest BCUT2D eigenvalue weighted by molar-refractivity contribution is 6.12. The number of hydrogen-bond acceptors (Lipinski definition) is 6. The minimum atomic E-state index is -5.08. The van der Waals surface area contributed by atoms with Crippen LogP contribution in [-0.4, -0.2) is 56.5 Å². The number of aromatic nitrogens is 2. The standard InChI is InChI=1S/C23H18N4O5.C2HF3O2/c1-32-15-6-4-5-14(12-15)27-20(28)16-7-2-3-8-17(16)23(27,31)13-9-10-18-19(11-13)25-21(24-18)26-22(29)30;3-2(4,5)1(6)7/h2-12,31H,1H3,(H,29,30)(H2,24,25,26);(H,6,7). The number of halogens is 3. The molecule has 1 atom stereocenters. The molecule has 0 radical (unpaired) electrons. The van der Waals surface area contributed by atoms with Crippen LogP contribution >= 0.6 is 0 Å². The first-order chi connectivity index (χ1) is 18.4. The zero-order valence-corrected chi connectivity index (χ0v) is 19.9. The lowest BCUT2D eigenvalue weighted by Crippen LogP contribution is -2.45. The smallest absolute Gasteiger partial charge is 0.490 e. The summed E-state index contributed by atoms with van der Waals surface area (Å²) in [4.78, 5) is 41.6. The van der Waals surface area contributed by atoms with Crippen molar-refractivity contribution in [2.45, 2.75) is 11.9 Å². The molecule has 202 valence electrons. The zero-order valence-electron chi connectivity index (χ0n) is 19.9. The highest BCUT2D eigenvalue weighted by atomic mass is 19.4. The second-order valence-corrected chi connectivity index (χ2v) is 8.11. The van der Waals surface area contributed by atoms with Crippen molar-refractivity contribution < 1.29 is 47.6 Å². The Morgan fingerprint density at radius 3 is 2.38 bits per heavy atom. The van der Waals surface area contributed by atoms with E-state index < -0.39 is 24.0 Å². The minimum Gasteiger partial charge on any atom is -0.497 e. The summed E-state index contributed by atoms with van der Waals surface area (Å²) in [5, 5.41) is 30.3. The van der Waals surface area contributed by atoms with Crippen molar-refractivity contribution in [3.05, 3.63) is 83.4 Å². The second-order valence-electron chi connectivity index (χ2n) is 8.11. The SMILES string of the molecule is COc1cccc(N2C(=O)c3ccccc3C2(O)c2ccc3nc(NC(=O)O)[nH]c3c2)c1.O=C(O)C(F)(F)F. The third-order valence-electron chi connectivity index (χ3n) is 5.72. The number of aliphatic hydroxyl groups is 1. The van der Waals surface area contributed by atoms with E-state index in [2.05, 4.69) is 15.3 Å². The number of aromatic amines is 1. The summed E-state index contributed by atoms with van der Waals surface area (Å²) >= 11 is 0. The number of benzene rings is 3. The number of rotatable bonds is 4. The molecule has 0 fully saturated rings. The van der Waals surface area contributed by atoms with Crippen LogP contribution in [0.3, 0.4) is 0 Å². The number of carboxylic acids is 1. The van der Waals surface area contributed by atoms with E-state index in [4.69, 9.17) is 19.7 Å². The largest absolute Gasteiger partial charge is 0.497 e. The van der Waals surface area contributed by atoms with Crippen LogP contribution in [0.15, 0.2) is 66.7 Å². The molecule has 5 N–H and O–H groups in total. The molecule has 1 aromatic heterocycles. The number of nitrogens with one attached hydrogen (secondary N) is 2. The first kappa shape index (κ1) is 26.9.